The van der Waals surface area contributed by atoms with Gasteiger partial charge in [-0.25, -0.2) is 0 Å². The molecule has 1 saturated heterocycles. The Kier molecular flexibility index (Phi) is 1.88. The third-order valence-corrected chi connectivity index (χ3v) is 2.03. The molecule has 1 aliphatic rings. The maximum Gasteiger partial charge on any atom is 0.0967 e. The summed E-state index contributed by atoms with van der Waals surface area (Å²) in [6, 6.07) is 0.278. The molecule has 1 aliphatic heterocycles. The van der Waals surface area contributed by atoms with Crippen LogP contribution in [0.4, 0.5) is 0 Å². The Bertz CT molecular complexity index is 64.7. The van der Waals surface area contributed by atoms with Gasteiger partial charge in [0.25, 0.3) is 0 Å². The summed E-state index contributed by atoms with van der Waals surface area (Å²) in [6.45, 7) is 0.879. The quantitative estimate of drug-likeness (QED) is 0.402. The minimum atomic E-state index is 0.278. The van der Waals surface area contributed by atoms with Crippen molar-refractivity contribution in [3.05, 3.63) is 0 Å². The molecule has 1 rings (SSSR count). The summed E-state index contributed by atoms with van der Waals surface area (Å²) in [5.41, 5.74) is 5.55. The summed E-state index contributed by atoms with van der Waals surface area (Å²) in [5.74, 6) is 0. The summed E-state index contributed by atoms with van der Waals surface area (Å²) >= 11 is 2.26. The Hall–Kier alpha value is 0.650. The zero-order valence-corrected chi connectivity index (χ0v) is 6.09. The molecule has 0 spiro atoms. The van der Waals surface area contributed by atoms with Gasteiger partial charge in [-0.15, -0.1) is 0 Å². The minimum Gasteiger partial charge on any atom is -0.371 e. The molecule has 0 bridgehead atoms. The van der Waals surface area contributed by atoms with Crippen LogP contribution in [0.25, 0.3) is 0 Å². The molecule has 7 heavy (non-hydrogen) atoms. The van der Waals surface area contributed by atoms with Crippen molar-refractivity contribution in [1.82, 2.24) is 0 Å². The Morgan fingerprint density at radius 1 is 2.00 bits per heavy atom. The zero-order valence-electron chi connectivity index (χ0n) is 3.93. The molecule has 42 valence electrons. The first kappa shape index (κ1) is 5.78. The molecular weight excluding hydrogens is 205 g/mol. The van der Waals surface area contributed by atoms with Gasteiger partial charge in [0.1, 0.15) is 0 Å². The third-order valence-electron chi connectivity index (χ3n) is 1.01. The molecule has 2 atom stereocenters. The average Bonchev–Trinajstić information content (AvgIpc) is 2.44. The van der Waals surface area contributed by atoms with E-state index >= 15 is 0 Å². The lowest BCUT2D eigenvalue weighted by atomic mass is 10.3. The maximum atomic E-state index is 5.55. The van der Waals surface area contributed by atoms with Crippen LogP contribution in [0.5, 0.6) is 0 Å². The maximum absolute atomic E-state index is 5.55. The van der Waals surface area contributed by atoms with Gasteiger partial charge in [0.05, 0.1) is 12.7 Å². The second-order valence-corrected chi connectivity index (χ2v) is 2.57. The van der Waals surface area contributed by atoms with Crippen molar-refractivity contribution in [3.63, 3.8) is 0 Å². The number of ether oxygens (including phenoxy) is 1. The molecule has 0 amide bonds. The van der Waals surface area contributed by atoms with Gasteiger partial charge < -0.3 is 10.5 Å². The average molecular weight is 213 g/mol. The van der Waals surface area contributed by atoms with E-state index in [1.54, 1.807) is 0 Å². The van der Waals surface area contributed by atoms with Crippen molar-refractivity contribution in [2.75, 3.05) is 11.0 Å². The van der Waals surface area contributed by atoms with E-state index in [0.717, 1.165) is 11.0 Å². The molecule has 3 heteroatoms. The second-order valence-electron chi connectivity index (χ2n) is 1.69. The van der Waals surface area contributed by atoms with Crippen LogP contribution in [0.3, 0.4) is 0 Å². The Morgan fingerprint density at radius 2 is 2.57 bits per heavy atom. The minimum absolute atomic E-state index is 0.278. The highest BCUT2D eigenvalue weighted by Gasteiger charge is 2.28. The standard InChI is InChI=1S/C4H8INO/c5-1-3(6)4-2-7-4/h3-4H,1-2,6H2. The normalized spacial score (nSPS) is 32.6. The van der Waals surface area contributed by atoms with Gasteiger partial charge in [0, 0.05) is 10.5 Å². The first-order chi connectivity index (χ1) is 3.34. The molecule has 0 aromatic carbocycles. The van der Waals surface area contributed by atoms with Crippen molar-refractivity contribution in [1.29, 1.82) is 0 Å². The summed E-state index contributed by atoms with van der Waals surface area (Å²) in [7, 11) is 0. The topological polar surface area (TPSA) is 38.5 Å². The molecular formula is C4H8INO. The fourth-order valence-electron chi connectivity index (χ4n) is 0.402. The smallest absolute Gasteiger partial charge is 0.0967 e. The number of rotatable bonds is 2. The van der Waals surface area contributed by atoms with Crippen molar-refractivity contribution in [3.8, 4) is 0 Å². The molecule has 1 heterocycles. The zero-order chi connectivity index (χ0) is 5.28. The van der Waals surface area contributed by atoms with Crippen molar-refractivity contribution in [2.45, 2.75) is 12.1 Å². The van der Waals surface area contributed by atoms with Crippen molar-refractivity contribution < 1.29 is 4.74 Å². The van der Waals surface area contributed by atoms with E-state index in [2.05, 4.69) is 22.6 Å². The molecule has 0 aromatic heterocycles. The van der Waals surface area contributed by atoms with Gasteiger partial charge in [-0.05, 0) is 0 Å². The van der Waals surface area contributed by atoms with Crippen molar-refractivity contribution >= 4 is 22.6 Å². The highest BCUT2D eigenvalue weighted by atomic mass is 127. The van der Waals surface area contributed by atoms with Crippen LogP contribution >= 0.6 is 22.6 Å². The summed E-state index contributed by atoms with van der Waals surface area (Å²) in [5, 5.41) is 0. The van der Waals surface area contributed by atoms with E-state index in [4.69, 9.17) is 10.5 Å². The monoisotopic (exact) mass is 213 g/mol. The number of alkyl halides is 1. The lowest BCUT2D eigenvalue weighted by Gasteiger charge is -1.98. The fraction of sp³-hybridized carbons (Fsp3) is 1.00. The molecule has 2 unspecified atom stereocenters. The summed E-state index contributed by atoms with van der Waals surface area (Å²) < 4.78 is 5.93. The van der Waals surface area contributed by atoms with E-state index in [-0.39, 0.29) is 6.04 Å². The predicted molar refractivity (Wildman–Crippen MR) is 36.6 cm³/mol. The second kappa shape index (κ2) is 2.28. The molecule has 0 saturated carbocycles. The Morgan fingerprint density at radius 3 is 2.71 bits per heavy atom. The summed E-state index contributed by atoms with van der Waals surface area (Å²) in [6.07, 6.45) is 0.386. The van der Waals surface area contributed by atoms with Gasteiger partial charge in [-0.2, -0.15) is 0 Å². The highest BCUT2D eigenvalue weighted by Crippen LogP contribution is 2.13. The van der Waals surface area contributed by atoms with E-state index in [9.17, 15) is 0 Å². The highest BCUT2D eigenvalue weighted by molar-refractivity contribution is 14.1. The molecule has 2 N–H and O–H groups in total. The molecule has 0 aromatic rings. The SMILES string of the molecule is NC(CI)C1CO1. The lowest BCUT2D eigenvalue weighted by molar-refractivity contribution is 0.385. The predicted octanol–water partition coefficient (Wildman–Crippen LogP) is 0.147. The molecule has 0 aliphatic carbocycles. The van der Waals surface area contributed by atoms with Gasteiger partial charge in [-0.3, -0.25) is 0 Å². The van der Waals surface area contributed by atoms with Crippen LogP contribution in [-0.2, 0) is 4.74 Å². The molecule has 2 nitrogen and oxygen atoms in total. The first-order valence-electron chi connectivity index (χ1n) is 2.27. The van der Waals surface area contributed by atoms with Gasteiger partial charge in [0.15, 0.2) is 0 Å². The number of hydrogen-bond donors (Lipinski definition) is 1. The van der Waals surface area contributed by atoms with E-state index in [1.807, 2.05) is 0 Å². The van der Waals surface area contributed by atoms with Crippen LogP contribution < -0.4 is 5.73 Å². The fourth-order valence-corrected chi connectivity index (χ4v) is 0.969. The van der Waals surface area contributed by atoms with Gasteiger partial charge in [0.2, 0.25) is 0 Å². The molecule has 0 radical (unpaired) electrons. The van der Waals surface area contributed by atoms with Crippen LogP contribution in [0.2, 0.25) is 0 Å². The van der Waals surface area contributed by atoms with E-state index in [1.165, 1.54) is 0 Å². The lowest BCUT2D eigenvalue weighted by Crippen LogP contribution is -2.27. The van der Waals surface area contributed by atoms with Gasteiger partial charge >= 0.3 is 0 Å². The summed E-state index contributed by atoms with van der Waals surface area (Å²) in [4.78, 5) is 0. The number of halogens is 1. The van der Waals surface area contributed by atoms with Crippen LogP contribution in [-0.4, -0.2) is 23.2 Å². The third kappa shape index (κ3) is 1.54. The van der Waals surface area contributed by atoms with Crippen LogP contribution in [0, 0.1) is 0 Å². The first-order valence-corrected chi connectivity index (χ1v) is 3.80. The van der Waals surface area contributed by atoms with Crippen LogP contribution in [0.15, 0.2) is 0 Å². The van der Waals surface area contributed by atoms with Crippen molar-refractivity contribution in [2.24, 2.45) is 5.73 Å². The number of nitrogens with two attached hydrogens (primary N) is 1. The number of hydrogen-bond acceptors (Lipinski definition) is 2. The Balaban J connectivity index is 2.10. The van der Waals surface area contributed by atoms with Crippen LogP contribution in [0.1, 0.15) is 0 Å². The largest absolute Gasteiger partial charge is 0.371 e. The molecule has 1 fully saturated rings. The van der Waals surface area contributed by atoms with Gasteiger partial charge in [-0.1, -0.05) is 22.6 Å². The van der Waals surface area contributed by atoms with E-state index < -0.39 is 0 Å². The number of epoxide rings is 1. The van der Waals surface area contributed by atoms with E-state index in [0.29, 0.717) is 6.10 Å². The Labute approximate surface area is 56.5 Å².